The lowest BCUT2D eigenvalue weighted by Gasteiger charge is -2.33. The standard InChI is InChI=1S/C18H18FN3O3/c1-23-18(20)22-15-12-9-10(11-3-2-7-21-17(11)19)4-5-13(12)25-14-6-8-24-16(14)15/h2-5,7,9,14-16H,6,8H2,1H3,(H2,20,22). The van der Waals surface area contributed by atoms with Crippen molar-refractivity contribution >= 4 is 6.02 Å². The van der Waals surface area contributed by atoms with E-state index in [9.17, 15) is 4.39 Å². The van der Waals surface area contributed by atoms with Crippen LogP contribution in [0, 0.1) is 5.95 Å². The molecule has 2 aliphatic rings. The first-order valence-electron chi connectivity index (χ1n) is 8.07. The van der Waals surface area contributed by atoms with Crippen molar-refractivity contribution in [3.05, 3.63) is 48.0 Å². The summed E-state index contributed by atoms with van der Waals surface area (Å²) in [5.41, 5.74) is 7.69. The summed E-state index contributed by atoms with van der Waals surface area (Å²) in [6, 6.07) is 8.59. The zero-order valence-corrected chi connectivity index (χ0v) is 13.7. The molecule has 0 aliphatic carbocycles. The molecule has 0 amide bonds. The van der Waals surface area contributed by atoms with Crippen molar-refractivity contribution in [2.75, 3.05) is 13.7 Å². The molecule has 1 fully saturated rings. The largest absolute Gasteiger partial charge is 0.487 e. The number of nitrogens with two attached hydrogens (primary N) is 1. The third-order valence-electron chi connectivity index (χ3n) is 4.54. The molecule has 1 aromatic heterocycles. The van der Waals surface area contributed by atoms with Gasteiger partial charge in [-0.3, -0.25) is 0 Å². The van der Waals surface area contributed by atoms with Crippen molar-refractivity contribution in [1.29, 1.82) is 0 Å². The number of rotatable bonds is 2. The van der Waals surface area contributed by atoms with Crippen molar-refractivity contribution in [2.45, 2.75) is 24.7 Å². The molecular formula is C18H18FN3O3. The summed E-state index contributed by atoms with van der Waals surface area (Å²) < 4.78 is 30.9. The van der Waals surface area contributed by atoms with Gasteiger partial charge in [-0.2, -0.15) is 4.39 Å². The van der Waals surface area contributed by atoms with Crippen molar-refractivity contribution in [3.8, 4) is 16.9 Å². The normalized spacial score (nSPS) is 25.0. The van der Waals surface area contributed by atoms with E-state index in [0.29, 0.717) is 23.5 Å². The summed E-state index contributed by atoms with van der Waals surface area (Å²) in [5.74, 6) is 0.183. The lowest BCUT2D eigenvalue weighted by atomic mass is 9.91. The summed E-state index contributed by atoms with van der Waals surface area (Å²) in [4.78, 5) is 8.16. The zero-order chi connectivity index (χ0) is 17.4. The smallest absolute Gasteiger partial charge is 0.282 e. The van der Waals surface area contributed by atoms with Gasteiger partial charge < -0.3 is 19.9 Å². The molecule has 1 aromatic carbocycles. The van der Waals surface area contributed by atoms with Crippen LogP contribution in [-0.4, -0.2) is 36.9 Å². The van der Waals surface area contributed by atoms with Gasteiger partial charge in [0.1, 0.15) is 24.0 Å². The molecule has 6 nitrogen and oxygen atoms in total. The maximum absolute atomic E-state index is 14.0. The molecule has 3 atom stereocenters. The van der Waals surface area contributed by atoms with Crippen molar-refractivity contribution in [3.63, 3.8) is 0 Å². The minimum atomic E-state index is -0.523. The Balaban J connectivity index is 1.81. The molecule has 0 radical (unpaired) electrons. The van der Waals surface area contributed by atoms with Crippen LogP contribution in [0.5, 0.6) is 5.75 Å². The van der Waals surface area contributed by atoms with E-state index < -0.39 is 5.95 Å². The molecule has 3 heterocycles. The Labute approximate surface area is 144 Å². The minimum absolute atomic E-state index is 0.0741. The number of hydrogen-bond donors (Lipinski definition) is 1. The van der Waals surface area contributed by atoms with E-state index in [0.717, 1.165) is 12.0 Å². The Bertz CT molecular complexity index is 827. The van der Waals surface area contributed by atoms with Gasteiger partial charge in [-0.05, 0) is 29.8 Å². The van der Waals surface area contributed by atoms with Crippen LogP contribution >= 0.6 is 0 Å². The molecular weight excluding hydrogens is 325 g/mol. The molecule has 25 heavy (non-hydrogen) atoms. The minimum Gasteiger partial charge on any atom is -0.487 e. The van der Waals surface area contributed by atoms with Crippen LogP contribution in [0.3, 0.4) is 0 Å². The topological polar surface area (TPSA) is 79.0 Å². The highest BCUT2D eigenvalue weighted by molar-refractivity contribution is 5.72. The molecule has 7 heteroatoms. The first-order valence-corrected chi connectivity index (χ1v) is 8.07. The lowest BCUT2D eigenvalue weighted by Crippen LogP contribution is -2.37. The summed E-state index contributed by atoms with van der Waals surface area (Å²) in [6.45, 7) is 0.603. The third kappa shape index (κ3) is 2.80. The fourth-order valence-corrected chi connectivity index (χ4v) is 3.34. The number of fused-ring (bicyclic) bond motifs is 2. The molecule has 0 saturated carbocycles. The van der Waals surface area contributed by atoms with Gasteiger partial charge in [-0.25, -0.2) is 9.98 Å². The Kier molecular flexibility index (Phi) is 4.01. The molecule has 130 valence electrons. The summed E-state index contributed by atoms with van der Waals surface area (Å²) in [7, 11) is 1.47. The highest BCUT2D eigenvalue weighted by Crippen LogP contribution is 2.43. The molecule has 0 spiro atoms. The Morgan fingerprint density at radius 3 is 3.08 bits per heavy atom. The van der Waals surface area contributed by atoms with Gasteiger partial charge in [0.15, 0.2) is 0 Å². The van der Waals surface area contributed by atoms with Gasteiger partial charge in [-0.15, -0.1) is 0 Å². The third-order valence-corrected chi connectivity index (χ3v) is 4.54. The van der Waals surface area contributed by atoms with Gasteiger partial charge in [-0.1, -0.05) is 6.07 Å². The quantitative estimate of drug-likeness (QED) is 0.515. The van der Waals surface area contributed by atoms with Crippen LogP contribution in [0.1, 0.15) is 18.0 Å². The number of ether oxygens (including phenoxy) is 3. The van der Waals surface area contributed by atoms with Crippen LogP contribution in [0.25, 0.3) is 11.1 Å². The Morgan fingerprint density at radius 2 is 2.28 bits per heavy atom. The number of hydrogen-bond acceptors (Lipinski definition) is 5. The fourth-order valence-electron chi connectivity index (χ4n) is 3.34. The van der Waals surface area contributed by atoms with Gasteiger partial charge >= 0.3 is 0 Å². The average Bonchev–Trinajstić information content (AvgIpc) is 3.10. The molecule has 1 saturated heterocycles. The summed E-state index contributed by atoms with van der Waals surface area (Å²) in [6.07, 6.45) is 1.90. The van der Waals surface area contributed by atoms with E-state index in [1.807, 2.05) is 18.2 Å². The van der Waals surface area contributed by atoms with Crippen molar-refractivity contribution < 1.29 is 18.6 Å². The molecule has 3 unspecified atom stereocenters. The number of methoxy groups -OCH3 is 1. The first-order chi connectivity index (χ1) is 12.2. The predicted molar refractivity (Wildman–Crippen MR) is 89.8 cm³/mol. The lowest BCUT2D eigenvalue weighted by molar-refractivity contribution is 0.0207. The molecule has 0 bridgehead atoms. The maximum Gasteiger partial charge on any atom is 0.282 e. The summed E-state index contributed by atoms with van der Waals surface area (Å²) >= 11 is 0. The van der Waals surface area contributed by atoms with Gasteiger partial charge in [0.25, 0.3) is 6.02 Å². The predicted octanol–water partition coefficient (Wildman–Crippen LogP) is 2.44. The average molecular weight is 343 g/mol. The number of pyridine rings is 1. The molecule has 2 N–H and O–H groups in total. The first kappa shape index (κ1) is 15.8. The molecule has 2 aromatic rings. The van der Waals surface area contributed by atoms with E-state index in [4.69, 9.17) is 19.9 Å². The van der Waals surface area contributed by atoms with Crippen LogP contribution in [0.2, 0.25) is 0 Å². The maximum atomic E-state index is 14.0. The molecule has 4 rings (SSSR count). The molecule has 2 aliphatic heterocycles. The highest BCUT2D eigenvalue weighted by Gasteiger charge is 2.43. The van der Waals surface area contributed by atoms with Crippen LogP contribution in [0.15, 0.2) is 41.5 Å². The number of aromatic nitrogens is 1. The number of halogens is 1. The van der Waals surface area contributed by atoms with Crippen LogP contribution in [-0.2, 0) is 9.47 Å². The number of nitrogens with zero attached hydrogens (tertiary/aromatic N) is 2. The van der Waals surface area contributed by atoms with Gasteiger partial charge in [0.05, 0.1) is 13.7 Å². The van der Waals surface area contributed by atoms with Crippen LogP contribution < -0.4 is 10.5 Å². The second kappa shape index (κ2) is 6.33. The SMILES string of the molecule is COC(N)=NC1c2cc(-c3cccnc3F)ccc2OC2CCOC21. The van der Waals surface area contributed by atoms with E-state index in [1.54, 1.807) is 12.1 Å². The van der Waals surface area contributed by atoms with E-state index >= 15 is 0 Å². The van der Waals surface area contributed by atoms with Gasteiger partial charge in [0, 0.05) is 23.7 Å². The van der Waals surface area contributed by atoms with Gasteiger partial charge in [0.2, 0.25) is 5.95 Å². The fraction of sp³-hybridized carbons (Fsp3) is 0.333. The van der Waals surface area contributed by atoms with E-state index in [2.05, 4.69) is 9.98 Å². The summed E-state index contributed by atoms with van der Waals surface area (Å²) in [5, 5.41) is 0. The zero-order valence-electron chi connectivity index (χ0n) is 13.7. The number of aliphatic imine (C=N–C) groups is 1. The van der Waals surface area contributed by atoms with E-state index in [-0.39, 0.29) is 24.3 Å². The second-order valence-electron chi connectivity index (χ2n) is 5.99. The highest BCUT2D eigenvalue weighted by atomic mass is 19.1. The Hall–Kier alpha value is -2.67. The number of benzene rings is 1. The van der Waals surface area contributed by atoms with E-state index in [1.165, 1.54) is 13.3 Å². The number of amidine groups is 1. The monoisotopic (exact) mass is 343 g/mol. The van der Waals surface area contributed by atoms with Crippen molar-refractivity contribution in [1.82, 2.24) is 4.98 Å². The Morgan fingerprint density at radius 1 is 1.40 bits per heavy atom. The second-order valence-corrected chi connectivity index (χ2v) is 5.99. The van der Waals surface area contributed by atoms with Crippen molar-refractivity contribution in [2.24, 2.45) is 10.7 Å². The van der Waals surface area contributed by atoms with Crippen LogP contribution in [0.4, 0.5) is 4.39 Å².